The van der Waals surface area contributed by atoms with Crippen LogP contribution in [0, 0.1) is 15.2 Å². The summed E-state index contributed by atoms with van der Waals surface area (Å²) in [6.45, 7) is 2.12. The molecule has 1 heterocycles. The Hall–Kier alpha value is -1.78. The summed E-state index contributed by atoms with van der Waals surface area (Å²) in [4.78, 5) is 11.6. The molecule has 156 valence electrons. The molecule has 1 aliphatic heterocycles. The van der Waals surface area contributed by atoms with Crippen LogP contribution in [0.15, 0.2) is 36.4 Å². The van der Waals surface area contributed by atoms with Crippen LogP contribution in [0.5, 0.6) is 5.75 Å². The van der Waals surface area contributed by atoms with Crippen molar-refractivity contribution in [3.63, 3.8) is 0 Å². The highest BCUT2D eigenvalue weighted by Gasteiger charge is 2.25. The lowest BCUT2D eigenvalue weighted by Crippen LogP contribution is -2.48. The number of amides is 1. The van der Waals surface area contributed by atoms with E-state index in [2.05, 4.69) is 33.2 Å². The predicted octanol–water partition coefficient (Wildman–Crippen LogP) is 3.09. The molecule has 3 N–H and O–H groups in total. The number of carbonyl (C=O) groups is 1. The van der Waals surface area contributed by atoms with Crippen LogP contribution in [0.4, 0.5) is 8.78 Å². The molecule has 0 aliphatic carbocycles. The average molecular weight is 516 g/mol. The van der Waals surface area contributed by atoms with Crippen LogP contribution < -0.4 is 15.4 Å². The van der Waals surface area contributed by atoms with E-state index in [1.165, 1.54) is 19.1 Å². The zero-order valence-electron chi connectivity index (χ0n) is 15.9. The van der Waals surface area contributed by atoms with Gasteiger partial charge in [-0.25, -0.2) is 8.78 Å². The second-order valence-electron chi connectivity index (χ2n) is 7.14. The summed E-state index contributed by atoms with van der Waals surface area (Å²) in [5.74, 6) is -0.889. The van der Waals surface area contributed by atoms with Gasteiger partial charge in [-0.05, 0) is 64.9 Å². The highest BCUT2D eigenvalue weighted by Crippen LogP contribution is 2.33. The maximum Gasteiger partial charge on any atom is 0.217 e. The molecular formula is C21H23F2IN2O3. The van der Waals surface area contributed by atoms with E-state index >= 15 is 0 Å². The number of halogens is 3. The minimum absolute atomic E-state index is 0.00714. The fourth-order valence-electron chi connectivity index (χ4n) is 3.51. The number of fused-ring (bicyclic) bond motifs is 1. The molecule has 2 aromatic rings. The average Bonchev–Trinajstić information content (AvgIpc) is 2.64. The Morgan fingerprint density at radius 3 is 2.69 bits per heavy atom. The zero-order chi connectivity index (χ0) is 21.0. The quantitative estimate of drug-likeness (QED) is 0.495. The minimum atomic E-state index is -0.945. The van der Waals surface area contributed by atoms with Crippen LogP contribution >= 0.6 is 22.6 Å². The molecule has 0 saturated carbocycles. The SMILES string of the molecule is CC(=O)N[C@@H](Cc1cc(F)cc(F)c1)[C@@H](O)CN[C@H]1CCOc2ccc(I)cc21. The van der Waals surface area contributed by atoms with Crippen LogP contribution in [0.25, 0.3) is 0 Å². The molecule has 8 heteroatoms. The van der Waals surface area contributed by atoms with Crippen molar-refractivity contribution in [1.29, 1.82) is 0 Å². The molecule has 1 amide bonds. The summed E-state index contributed by atoms with van der Waals surface area (Å²) < 4.78 is 33.8. The maximum absolute atomic E-state index is 13.5. The summed E-state index contributed by atoms with van der Waals surface area (Å²) in [6, 6.07) is 8.47. The lowest BCUT2D eigenvalue weighted by molar-refractivity contribution is -0.120. The van der Waals surface area contributed by atoms with Gasteiger partial charge in [-0.15, -0.1) is 0 Å². The Kier molecular flexibility index (Phi) is 7.42. The maximum atomic E-state index is 13.5. The van der Waals surface area contributed by atoms with Gasteiger partial charge in [0.15, 0.2) is 0 Å². The van der Waals surface area contributed by atoms with Crippen LogP contribution in [0.3, 0.4) is 0 Å². The van der Waals surface area contributed by atoms with Crippen molar-refractivity contribution in [2.75, 3.05) is 13.2 Å². The minimum Gasteiger partial charge on any atom is -0.493 e. The lowest BCUT2D eigenvalue weighted by atomic mass is 9.98. The first-order valence-electron chi connectivity index (χ1n) is 9.37. The Balaban J connectivity index is 1.68. The number of carbonyl (C=O) groups excluding carboxylic acids is 1. The first kappa shape index (κ1) is 21.9. The van der Waals surface area contributed by atoms with Gasteiger partial charge in [0.05, 0.1) is 18.8 Å². The van der Waals surface area contributed by atoms with E-state index in [-0.39, 0.29) is 24.9 Å². The first-order chi connectivity index (χ1) is 13.8. The van der Waals surface area contributed by atoms with Gasteiger partial charge in [0.2, 0.25) is 5.91 Å². The second-order valence-corrected chi connectivity index (χ2v) is 8.38. The third-order valence-electron chi connectivity index (χ3n) is 4.82. The van der Waals surface area contributed by atoms with Crippen molar-refractivity contribution in [1.82, 2.24) is 10.6 Å². The summed E-state index contributed by atoms with van der Waals surface area (Å²) >= 11 is 2.24. The van der Waals surface area contributed by atoms with E-state index in [1.54, 1.807) is 0 Å². The predicted molar refractivity (Wildman–Crippen MR) is 114 cm³/mol. The fraction of sp³-hybridized carbons (Fsp3) is 0.381. The van der Waals surface area contributed by atoms with Crippen LogP contribution in [-0.4, -0.2) is 36.3 Å². The van der Waals surface area contributed by atoms with E-state index in [1.807, 2.05) is 18.2 Å². The molecule has 0 radical (unpaired) electrons. The van der Waals surface area contributed by atoms with Gasteiger partial charge in [0, 0.05) is 41.1 Å². The molecule has 5 nitrogen and oxygen atoms in total. The van der Waals surface area contributed by atoms with Gasteiger partial charge in [-0.2, -0.15) is 0 Å². The number of ether oxygens (including phenoxy) is 1. The monoisotopic (exact) mass is 516 g/mol. The Bertz CT molecular complexity index is 861. The molecule has 0 spiro atoms. The zero-order valence-corrected chi connectivity index (χ0v) is 18.1. The summed E-state index contributed by atoms with van der Waals surface area (Å²) in [5.41, 5.74) is 1.39. The van der Waals surface area contributed by atoms with Crippen molar-refractivity contribution >= 4 is 28.5 Å². The van der Waals surface area contributed by atoms with E-state index in [4.69, 9.17) is 4.74 Å². The highest BCUT2D eigenvalue weighted by atomic mass is 127. The second kappa shape index (κ2) is 9.82. The summed E-state index contributed by atoms with van der Waals surface area (Å²) in [7, 11) is 0. The topological polar surface area (TPSA) is 70.6 Å². The normalized spacial score (nSPS) is 17.8. The number of rotatable bonds is 7. The third-order valence-corrected chi connectivity index (χ3v) is 5.49. The van der Waals surface area contributed by atoms with Crippen molar-refractivity contribution in [2.24, 2.45) is 0 Å². The summed E-state index contributed by atoms with van der Waals surface area (Å²) in [5, 5.41) is 16.7. The standard InChI is InChI=1S/C21H23F2IN2O3/c1-12(27)26-19(8-13-6-14(22)9-15(23)7-13)20(28)11-25-18-4-5-29-21-3-2-16(24)10-17(18)21/h2-3,6-7,9-10,18-20,25,28H,4-5,8,11H2,1H3,(H,26,27)/t18-,19-,20-/m0/s1. The molecule has 0 unspecified atom stereocenters. The number of aliphatic hydroxyl groups is 1. The van der Waals surface area contributed by atoms with Crippen molar-refractivity contribution in [3.8, 4) is 5.75 Å². The molecule has 0 bridgehead atoms. The molecule has 3 rings (SSSR count). The fourth-order valence-corrected chi connectivity index (χ4v) is 4.02. The number of hydrogen-bond donors (Lipinski definition) is 3. The molecule has 0 saturated heterocycles. The van der Waals surface area contributed by atoms with E-state index < -0.39 is 23.8 Å². The van der Waals surface area contributed by atoms with E-state index in [0.717, 1.165) is 27.4 Å². The lowest BCUT2D eigenvalue weighted by Gasteiger charge is -2.30. The van der Waals surface area contributed by atoms with Crippen LogP contribution in [0.2, 0.25) is 0 Å². The molecule has 0 aromatic heterocycles. The van der Waals surface area contributed by atoms with Crippen molar-refractivity contribution < 1.29 is 23.4 Å². The molecule has 3 atom stereocenters. The molecule has 0 fully saturated rings. The van der Waals surface area contributed by atoms with Crippen molar-refractivity contribution in [3.05, 3.63) is 62.7 Å². The Morgan fingerprint density at radius 2 is 2.00 bits per heavy atom. The van der Waals surface area contributed by atoms with Crippen LogP contribution in [-0.2, 0) is 11.2 Å². The van der Waals surface area contributed by atoms with Gasteiger partial charge in [-0.3, -0.25) is 4.79 Å². The van der Waals surface area contributed by atoms with Gasteiger partial charge >= 0.3 is 0 Å². The molecule has 2 aromatic carbocycles. The van der Waals surface area contributed by atoms with Gasteiger partial charge < -0.3 is 20.5 Å². The molecule has 29 heavy (non-hydrogen) atoms. The third kappa shape index (κ3) is 6.10. The Labute approximate surface area is 182 Å². The smallest absolute Gasteiger partial charge is 0.217 e. The van der Waals surface area contributed by atoms with E-state index in [0.29, 0.717) is 12.2 Å². The van der Waals surface area contributed by atoms with E-state index in [9.17, 15) is 18.7 Å². The Morgan fingerprint density at radius 1 is 1.28 bits per heavy atom. The van der Waals surface area contributed by atoms with Gasteiger partial charge in [0.1, 0.15) is 17.4 Å². The number of nitrogens with one attached hydrogen (secondary N) is 2. The van der Waals surface area contributed by atoms with Crippen LogP contribution in [0.1, 0.15) is 30.5 Å². The van der Waals surface area contributed by atoms with Gasteiger partial charge in [0.25, 0.3) is 0 Å². The van der Waals surface area contributed by atoms with Gasteiger partial charge in [-0.1, -0.05) is 0 Å². The number of benzene rings is 2. The largest absolute Gasteiger partial charge is 0.493 e. The number of aliphatic hydroxyl groups excluding tert-OH is 1. The first-order valence-corrected chi connectivity index (χ1v) is 10.5. The van der Waals surface area contributed by atoms with Crippen molar-refractivity contribution in [2.45, 2.75) is 38.0 Å². The highest BCUT2D eigenvalue weighted by molar-refractivity contribution is 14.1. The summed E-state index contributed by atoms with van der Waals surface area (Å²) in [6.07, 6.45) is -0.0849. The number of hydrogen-bond acceptors (Lipinski definition) is 4. The molecule has 1 aliphatic rings. The molecular weight excluding hydrogens is 493 g/mol.